The van der Waals surface area contributed by atoms with Crippen LogP contribution in [-0.4, -0.2) is 24.2 Å². The number of nitrogens with two attached hydrogens (primary N) is 1. The Kier molecular flexibility index (Phi) is 4.08. The summed E-state index contributed by atoms with van der Waals surface area (Å²) < 4.78 is 10.6. The molecule has 0 saturated carbocycles. The molecule has 2 rings (SSSR count). The van der Waals surface area contributed by atoms with Gasteiger partial charge in [0.2, 0.25) is 0 Å². The van der Waals surface area contributed by atoms with E-state index in [9.17, 15) is 0 Å². The topological polar surface area (TPSA) is 70.3 Å². The van der Waals surface area contributed by atoms with Gasteiger partial charge in [0.1, 0.15) is 11.6 Å². The minimum absolute atomic E-state index is 0.515. The lowest BCUT2D eigenvalue weighted by atomic mass is 10.1. The zero-order valence-corrected chi connectivity index (χ0v) is 12.2. The third-order valence-electron chi connectivity index (χ3n) is 3.20. The molecule has 0 saturated heterocycles. The molecule has 0 bridgehead atoms. The van der Waals surface area contributed by atoms with E-state index in [1.807, 2.05) is 32.0 Å². The van der Waals surface area contributed by atoms with E-state index in [1.165, 1.54) is 0 Å². The Labute approximate surface area is 118 Å². The van der Waals surface area contributed by atoms with Crippen LogP contribution in [0.4, 0.5) is 5.82 Å². The average Bonchev–Trinajstić information content (AvgIpc) is 2.49. The van der Waals surface area contributed by atoms with Crippen molar-refractivity contribution in [1.82, 2.24) is 9.97 Å². The summed E-state index contributed by atoms with van der Waals surface area (Å²) in [6, 6.07) is 5.69. The number of benzene rings is 1. The first-order chi connectivity index (χ1) is 9.60. The van der Waals surface area contributed by atoms with Crippen molar-refractivity contribution in [2.45, 2.75) is 20.3 Å². The molecule has 0 atom stereocenters. The van der Waals surface area contributed by atoms with Crippen LogP contribution in [0, 0.1) is 6.92 Å². The zero-order chi connectivity index (χ0) is 14.7. The third kappa shape index (κ3) is 2.52. The maximum absolute atomic E-state index is 5.95. The Hall–Kier alpha value is -2.30. The van der Waals surface area contributed by atoms with Crippen molar-refractivity contribution >= 4 is 5.82 Å². The number of anilines is 1. The molecule has 1 aromatic heterocycles. The lowest BCUT2D eigenvalue weighted by Gasteiger charge is -2.12. The fourth-order valence-corrected chi connectivity index (χ4v) is 2.00. The molecule has 106 valence electrons. The summed E-state index contributed by atoms with van der Waals surface area (Å²) in [6.07, 6.45) is 0.741. The van der Waals surface area contributed by atoms with Gasteiger partial charge in [0.05, 0.1) is 19.9 Å². The van der Waals surface area contributed by atoms with E-state index in [0.717, 1.165) is 29.1 Å². The van der Waals surface area contributed by atoms with E-state index in [-0.39, 0.29) is 0 Å². The molecule has 1 aromatic carbocycles. The van der Waals surface area contributed by atoms with Crippen LogP contribution in [0.5, 0.6) is 11.5 Å². The summed E-state index contributed by atoms with van der Waals surface area (Å²) in [7, 11) is 3.22. The number of nitrogens with zero attached hydrogens (tertiary/aromatic N) is 2. The quantitative estimate of drug-likeness (QED) is 0.927. The summed E-state index contributed by atoms with van der Waals surface area (Å²) in [5.74, 6) is 2.60. The minimum atomic E-state index is 0.515. The van der Waals surface area contributed by atoms with Gasteiger partial charge in [-0.2, -0.15) is 0 Å². The molecule has 0 aliphatic rings. The second-order valence-corrected chi connectivity index (χ2v) is 4.42. The van der Waals surface area contributed by atoms with Crippen molar-refractivity contribution < 1.29 is 9.47 Å². The molecule has 0 fully saturated rings. The molecule has 0 radical (unpaired) electrons. The van der Waals surface area contributed by atoms with E-state index in [4.69, 9.17) is 15.2 Å². The minimum Gasteiger partial charge on any atom is -0.493 e. The molecular formula is C15H19N3O2. The van der Waals surface area contributed by atoms with Crippen molar-refractivity contribution in [2.24, 2.45) is 0 Å². The maximum Gasteiger partial charge on any atom is 0.161 e. The predicted octanol–water partition coefficient (Wildman–Crippen LogP) is 2.61. The van der Waals surface area contributed by atoms with Gasteiger partial charge in [-0.05, 0) is 25.1 Å². The van der Waals surface area contributed by atoms with Gasteiger partial charge >= 0.3 is 0 Å². The molecule has 5 heteroatoms. The molecule has 2 aromatic rings. The Bertz CT molecular complexity index is 627. The number of methoxy groups -OCH3 is 2. The molecule has 0 aliphatic carbocycles. The smallest absolute Gasteiger partial charge is 0.161 e. The summed E-state index contributed by atoms with van der Waals surface area (Å²) >= 11 is 0. The van der Waals surface area contributed by atoms with Crippen LogP contribution >= 0.6 is 0 Å². The molecule has 0 aliphatic heterocycles. The molecule has 20 heavy (non-hydrogen) atoms. The van der Waals surface area contributed by atoms with Gasteiger partial charge < -0.3 is 15.2 Å². The Morgan fingerprint density at radius 2 is 1.80 bits per heavy atom. The van der Waals surface area contributed by atoms with E-state index in [2.05, 4.69) is 9.97 Å². The van der Waals surface area contributed by atoms with Gasteiger partial charge in [-0.25, -0.2) is 9.97 Å². The van der Waals surface area contributed by atoms with Crippen molar-refractivity contribution in [3.63, 3.8) is 0 Å². The maximum atomic E-state index is 5.95. The largest absolute Gasteiger partial charge is 0.493 e. The number of hydrogen-bond acceptors (Lipinski definition) is 5. The summed E-state index contributed by atoms with van der Waals surface area (Å²) in [5, 5.41) is 0. The second kappa shape index (κ2) is 5.77. The van der Waals surface area contributed by atoms with E-state index in [1.54, 1.807) is 14.2 Å². The van der Waals surface area contributed by atoms with Crippen LogP contribution in [-0.2, 0) is 6.42 Å². The molecule has 2 N–H and O–H groups in total. The molecule has 0 amide bonds. The van der Waals surface area contributed by atoms with Gasteiger partial charge in [-0.15, -0.1) is 0 Å². The van der Waals surface area contributed by atoms with Crippen LogP contribution < -0.4 is 15.2 Å². The summed E-state index contributed by atoms with van der Waals surface area (Å²) in [6.45, 7) is 3.92. The highest BCUT2D eigenvalue weighted by Crippen LogP contribution is 2.33. The monoisotopic (exact) mass is 273 g/mol. The van der Waals surface area contributed by atoms with E-state index >= 15 is 0 Å². The van der Waals surface area contributed by atoms with Crippen molar-refractivity contribution in [3.05, 3.63) is 29.6 Å². The number of aryl methyl sites for hydroxylation is 1. The van der Waals surface area contributed by atoms with E-state index < -0.39 is 0 Å². The first-order valence-corrected chi connectivity index (χ1v) is 6.46. The molecule has 0 spiro atoms. The third-order valence-corrected chi connectivity index (χ3v) is 3.20. The zero-order valence-electron chi connectivity index (χ0n) is 12.2. The van der Waals surface area contributed by atoms with Crippen molar-refractivity contribution in [3.8, 4) is 22.8 Å². The van der Waals surface area contributed by atoms with Crippen LogP contribution in [0.25, 0.3) is 11.3 Å². The Morgan fingerprint density at radius 3 is 2.40 bits per heavy atom. The van der Waals surface area contributed by atoms with Crippen LogP contribution in [0.1, 0.15) is 18.3 Å². The van der Waals surface area contributed by atoms with Crippen LogP contribution in [0.15, 0.2) is 18.2 Å². The second-order valence-electron chi connectivity index (χ2n) is 4.42. The van der Waals surface area contributed by atoms with Gasteiger partial charge in [-0.3, -0.25) is 0 Å². The van der Waals surface area contributed by atoms with Gasteiger partial charge in [0.15, 0.2) is 11.5 Å². The lowest BCUT2D eigenvalue weighted by molar-refractivity contribution is 0.355. The Morgan fingerprint density at radius 1 is 1.10 bits per heavy atom. The highest BCUT2D eigenvalue weighted by Gasteiger charge is 2.12. The summed E-state index contributed by atoms with van der Waals surface area (Å²) in [4.78, 5) is 8.83. The van der Waals surface area contributed by atoms with Crippen LogP contribution in [0.3, 0.4) is 0 Å². The number of rotatable bonds is 4. The molecular weight excluding hydrogens is 254 g/mol. The highest BCUT2D eigenvalue weighted by atomic mass is 16.5. The normalized spacial score (nSPS) is 10.4. The van der Waals surface area contributed by atoms with Gasteiger partial charge in [-0.1, -0.05) is 6.92 Å². The number of nitrogen functional groups attached to an aromatic ring is 1. The van der Waals surface area contributed by atoms with Crippen LogP contribution in [0.2, 0.25) is 0 Å². The molecule has 1 heterocycles. The van der Waals surface area contributed by atoms with Gasteiger partial charge in [0, 0.05) is 17.5 Å². The first-order valence-electron chi connectivity index (χ1n) is 6.46. The fraction of sp³-hybridized carbons (Fsp3) is 0.333. The number of hydrogen-bond donors (Lipinski definition) is 1. The van der Waals surface area contributed by atoms with E-state index in [0.29, 0.717) is 17.3 Å². The molecule has 5 nitrogen and oxygen atoms in total. The lowest BCUT2D eigenvalue weighted by Crippen LogP contribution is -2.04. The number of ether oxygens (including phenoxy) is 2. The van der Waals surface area contributed by atoms with Crippen molar-refractivity contribution in [1.29, 1.82) is 0 Å². The predicted molar refractivity (Wildman–Crippen MR) is 79.1 cm³/mol. The molecule has 0 unspecified atom stereocenters. The van der Waals surface area contributed by atoms with Crippen molar-refractivity contribution in [2.75, 3.05) is 20.0 Å². The SMILES string of the molecule is CCc1nc(N)c(C)c(-c2ccc(OC)c(OC)c2)n1. The average molecular weight is 273 g/mol. The van der Waals surface area contributed by atoms with Gasteiger partial charge in [0.25, 0.3) is 0 Å². The first kappa shape index (κ1) is 14.1. The standard InChI is InChI=1S/C15H19N3O2/c1-5-13-17-14(9(2)15(16)18-13)10-6-7-11(19-3)12(8-10)20-4/h6-8H,5H2,1-4H3,(H2,16,17,18). The highest BCUT2D eigenvalue weighted by molar-refractivity contribution is 5.70. The Balaban J connectivity index is 2.59. The summed E-state index contributed by atoms with van der Waals surface area (Å²) in [5.41, 5.74) is 8.59. The fourth-order valence-electron chi connectivity index (χ4n) is 2.00. The number of aromatic nitrogens is 2.